The number of amides is 1. The van der Waals surface area contributed by atoms with Crippen LogP contribution >= 0.6 is 0 Å². The number of rotatable bonds is 72. The van der Waals surface area contributed by atoms with Crippen molar-refractivity contribution in [1.82, 2.24) is 5.32 Å². The smallest absolute Gasteiger partial charge is 0.220 e. The van der Waals surface area contributed by atoms with Crippen LogP contribution in [0.3, 0.4) is 0 Å². The predicted molar refractivity (Wildman–Crippen MR) is 387 cm³/mol. The third-order valence-corrected chi connectivity index (χ3v) is 19.4. The van der Waals surface area contributed by atoms with E-state index in [2.05, 4.69) is 43.5 Å². The quantitative estimate of drug-likeness (QED) is 0.0261. The summed E-state index contributed by atoms with van der Waals surface area (Å²) in [5.41, 5.74) is 0. The van der Waals surface area contributed by atoms with Crippen molar-refractivity contribution < 1.29 is 39.8 Å². The molecule has 1 saturated heterocycles. The van der Waals surface area contributed by atoms with Crippen molar-refractivity contribution in [2.75, 3.05) is 13.2 Å². The summed E-state index contributed by atoms with van der Waals surface area (Å²) >= 11 is 0. The highest BCUT2D eigenvalue weighted by molar-refractivity contribution is 5.76. The fourth-order valence-electron chi connectivity index (χ4n) is 13.2. The van der Waals surface area contributed by atoms with E-state index in [1.807, 2.05) is 6.08 Å². The number of ether oxygens (including phenoxy) is 2. The second kappa shape index (κ2) is 70.2. The van der Waals surface area contributed by atoms with E-state index in [-0.39, 0.29) is 12.5 Å². The van der Waals surface area contributed by atoms with E-state index >= 15 is 0 Å². The highest BCUT2D eigenvalue weighted by atomic mass is 16.7. The molecule has 1 aliphatic rings. The zero-order valence-corrected chi connectivity index (χ0v) is 59.9. The molecule has 0 radical (unpaired) electrons. The first-order valence-electron chi connectivity index (χ1n) is 40.2. The predicted octanol–water partition coefficient (Wildman–Crippen LogP) is 22.9. The van der Waals surface area contributed by atoms with Gasteiger partial charge in [0, 0.05) is 6.42 Å². The number of allylic oxidation sites excluding steroid dienone is 5. The fourth-order valence-corrected chi connectivity index (χ4v) is 13.2. The molecule has 1 aliphatic heterocycles. The highest BCUT2D eigenvalue weighted by Gasteiger charge is 2.44. The molecule has 1 rings (SSSR count). The van der Waals surface area contributed by atoms with Crippen molar-refractivity contribution >= 4 is 5.91 Å². The first-order chi connectivity index (χ1) is 44.3. The molecule has 0 aromatic carbocycles. The number of aliphatic hydroxyl groups excluding tert-OH is 5. The van der Waals surface area contributed by atoms with Gasteiger partial charge in [0.2, 0.25) is 5.91 Å². The summed E-state index contributed by atoms with van der Waals surface area (Å²) in [7, 11) is 0. The molecule has 0 aromatic rings. The van der Waals surface area contributed by atoms with Gasteiger partial charge >= 0.3 is 0 Å². The van der Waals surface area contributed by atoms with Gasteiger partial charge in [0.1, 0.15) is 24.4 Å². The van der Waals surface area contributed by atoms with Crippen LogP contribution in [-0.2, 0) is 14.3 Å². The topological polar surface area (TPSA) is 149 Å². The largest absolute Gasteiger partial charge is 0.394 e. The summed E-state index contributed by atoms with van der Waals surface area (Å²) in [4.78, 5) is 13.2. The third kappa shape index (κ3) is 57.8. The van der Waals surface area contributed by atoms with Gasteiger partial charge in [-0.25, -0.2) is 0 Å². The molecule has 9 nitrogen and oxygen atoms in total. The lowest BCUT2D eigenvalue weighted by Crippen LogP contribution is -2.60. The number of unbranched alkanes of at least 4 members (excludes halogenated alkanes) is 58. The van der Waals surface area contributed by atoms with Gasteiger partial charge in [0.05, 0.1) is 25.4 Å². The first-order valence-corrected chi connectivity index (χ1v) is 40.2. The van der Waals surface area contributed by atoms with Gasteiger partial charge in [-0.05, 0) is 44.9 Å². The molecule has 7 atom stereocenters. The van der Waals surface area contributed by atoms with Crippen LogP contribution in [0, 0.1) is 0 Å². The lowest BCUT2D eigenvalue weighted by molar-refractivity contribution is -0.302. The van der Waals surface area contributed by atoms with E-state index in [1.54, 1.807) is 6.08 Å². The summed E-state index contributed by atoms with van der Waals surface area (Å²) < 4.78 is 11.3. The molecule has 7 unspecified atom stereocenters. The molecule has 0 bridgehead atoms. The molecule has 0 aliphatic carbocycles. The molecular weight excluding hydrogens is 1110 g/mol. The average molecular weight is 1270 g/mol. The van der Waals surface area contributed by atoms with Crippen LogP contribution in [0.25, 0.3) is 0 Å². The van der Waals surface area contributed by atoms with Crippen molar-refractivity contribution in [3.63, 3.8) is 0 Å². The van der Waals surface area contributed by atoms with E-state index in [4.69, 9.17) is 9.47 Å². The normalized spacial score (nSPS) is 17.9. The lowest BCUT2D eigenvalue weighted by Gasteiger charge is -2.40. The Labute approximate surface area is 559 Å². The van der Waals surface area contributed by atoms with E-state index in [0.29, 0.717) is 6.42 Å². The third-order valence-electron chi connectivity index (χ3n) is 19.4. The van der Waals surface area contributed by atoms with Gasteiger partial charge < -0.3 is 40.3 Å². The number of carbonyl (C=O) groups is 1. The van der Waals surface area contributed by atoms with Crippen LogP contribution in [0.2, 0.25) is 0 Å². The van der Waals surface area contributed by atoms with Crippen molar-refractivity contribution in [3.8, 4) is 0 Å². The Bertz CT molecular complexity index is 1520. The highest BCUT2D eigenvalue weighted by Crippen LogP contribution is 2.24. The van der Waals surface area contributed by atoms with Crippen LogP contribution in [0.15, 0.2) is 36.5 Å². The number of nitrogens with one attached hydrogen (secondary N) is 1. The fraction of sp³-hybridized carbons (Fsp3) is 0.914. The summed E-state index contributed by atoms with van der Waals surface area (Å²) in [6.07, 6.45) is 88.9. The van der Waals surface area contributed by atoms with Crippen LogP contribution < -0.4 is 5.32 Å². The van der Waals surface area contributed by atoms with E-state index in [9.17, 15) is 30.3 Å². The maximum absolute atomic E-state index is 13.2. The summed E-state index contributed by atoms with van der Waals surface area (Å²) in [5.74, 6) is -0.182. The zero-order chi connectivity index (χ0) is 64.9. The van der Waals surface area contributed by atoms with E-state index in [1.165, 1.54) is 353 Å². The Morgan fingerprint density at radius 1 is 0.367 bits per heavy atom. The van der Waals surface area contributed by atoms with Gasteiger partial charge in [0.15, 0.2) is 6.29 Å². The maximum atomic E-state index is 13.2. The maximum Gasteiger partial charge on any atom is 0.220 e. The molecule has 0 saturated carbocycles. The molecule has 90 heavy (non-hydrogen) atoms. The van der Waals surface area contributed by atoms with Crippen molar-refractivity contribution in [3.05, 3.63) is 36.5 Å². The van der Waals surface area contributed by atoms with Crippen molar-refractivity contribution in [1.29, 1.82) is 0 Å². The molecular formula is C81H155NO8. The molecule has 1 fully saturated rings. The minimum Gasteiger partial charge on any atom is -0.394 e. The summed E-state index contributed by atoms with van der Waals surface area (Å²) in [6, 6.07) is -0.829. The Balaban J connectivity index is 2.06. The number of hydrogen-bond donors (Lipinski definition) is 6. The Morgan fingerprint density at radius 2 is 0.633 bits per heavy atom. The van der Waals surface area contributed by atoms with Gasteiger partial charge in [0.25, 0.3) is 0 Å². The summed E-state index contributed by atoms with van der Waals surface area (Å²) in [5, 5.41) is 54.8. The van der Waals surface area contributed by atoms with Crippen molar-refractivity contribution in [2.45, 2.75) is 461 Å². The average Bonchev–Trinajstić information content (AvgIpc) is 1.27. The molecule has 0 aromatic heterocycles. The van der Waals surface area contributed by atoms with Crippen molar-refractivity contribution in [2.24, 2.45) is 0 Å². The molecule has 1 heterocycles. The van der Waals surface area contributed by atoms with Crippen LogP contribution in [-0.4, -0.2) is 87.5 Å². The molecule has 9 heteroatoms. The molecule has 6 N–H and O–H groups in total. The van der Waals surface area contributed by atoms with Crippen LogP contribution in [0.5, 0.6) is 0 Å². The Hall–Kier alpha value is -1.59. The van der Waals surface area contributed by atoms with Crippen LogP contribution in [0.4, 0.5) is 0 Å². The first kappa shape index (κ1) is 86.4. The van der Waals surface area contributed by atoms with E-state index < -0.39 is 49.5 Å². The molecule has 532 valence electrons. The summed E-state index contributed by atoms with van der Waals surface area (Å²) in [6.45, 7) is 3.82. The van der Waals surface area contributed by atoms with Gasteiger partial charge in [-0.1, -0.05) is 403 Å². The molecule has 0 spiro atoms. The van der Waals surface area contributed by atoms with Gasteiger partial charge in [-0.2, -0.15) is 0 Å². The number of aliphatic hydroxyl groups is 5. The minimum atomic E-state index is -1.58. The lowest BCUT2D eigenvalue weighted by atomic mass is 9.99. The van der Waals surface area contributed by atoms with Gasteiger partial charge in [-0.3, -0.25) is 4.79 Å². The van der Waals surface area contributed by atoms with E-state index in [0.717, 1.165) is 44.9 Å². The van der Waals surface area contributed by atoms with Gasteiger partial charge in [-0.15, -0.1) is 0 Å². The Kier molecular flexibility index (Phi) is 67.4. The zero-order valence-electron chi connectivity index (χ0n) is 59.9. The minimum absolute atomic E-state index is 0.182. The molecule has 1 amide bonds. The second-order valence-corrected chi connectivity index (χ2v) is 28.2. The number of hydrogen-bond acceptors (Lipinski definition) is 8. The standard InChI is InChI=1S/C81H155NO8/c1-3-5-7-9-11-13-15-17-19-21-23-25-27-29-31-32-33-34-35-36-37-38-39-40-41-42-43-45-47-49-51-53-55-57-59-61-63-65-67-69-71-77(85)82-74(73-89-81-80(88)79(87)78(86)76(72-83)90-81)75(84)70-68-66-64-62-60-58-56-54-52-50-48-46-44-30-28-26-24-22-20-18-16-14-12-10-8-6-4-2/h52,54,60,62,68,70,74-76,78-81,83-84,86-88H,3-51,53,55-59,61,63-67,69,71-73H2,1-2H3,(H,82,85)/b54-52+,62-60+,70-68+. The number of carbonyl (C=O) groups excluding carboxylic acids is 1. The SMILES string of the molecule is CCCCCCCCCCCCCCCCCCC/C=C/CC/C=C/CC/C=C/C(O)C(COC1OC(CO)C(O)C(O)C1O)NC(=O)CCCCCCCCCCCCCCCCCCCCCCCCCCCCCCCCCCCCCCCCCC. The van der Waals surface area contributed by atoms with Crippen LogP contribution in [0.1, 0.15) is 418 Å². The Morgan fingerprint density at radius 3 is 0.933 bits per heavy atom. The monoisotopic (exact) mass is 1270 g/mol. The second-order valence-electron chi connectivity index (χ2n) is 28.2.